The number of likely N-dealkylation sites (tertiary alicyclic amines) is 1. The van der Waals surface area contributed by atoms with Crippen LogP contribution in [-0.4, -0.2) is 29.9 Å². The highest BCUT2D eigenvalue weighted by Gasteiger charge is 2.29. The molecule has 5 nitrogen and oxygen atoms in total. The molecule has 0 radical (unpaired) electrons. The number of nitrogens with two attached hydrogens (primary N) is 1. The maximum absolute atomic E-state index is 13.0. The van der Waals surface area contributed by atoms with E-state index in [9.17, 15) is 14.0 Å². The first-order chi connectivity index (χ1) is 9.47. The van der Waals surface area contributed by atoms with Gasteiger partial charge in [-0.15, -0.1) is 0 Å². The third-order valence-electron chi connectivity index (χ3n) is 3.31. The van der Waals surface area contributed by atoms with Crippen molar-refractivity contribution in [1.82, 2.24) is 10.2 Å². The Labute approximate surface area is 120 Å². The summed E-state index contributed by atoms with van der Waals surface area (Å²) >= 11 is 5.66. The summed E-state index contributed by atoms with van der Waals surface area (Å²) in [7, 11) is 0. The van der Waals surface area contributed by atoms with Gasteiger partial charge in [0, 0.05) is 19.6 Å². The van der Waals surface area contributed by atoms with Crippen LogP contribution in [0, 0.1) is 11.7 Å². The van der Waals surface area contributed by atoms with Crippen molar-refractivity contribution in [2.45, 2.75) is 13.0 Å². The predicted molar refractivity (Wildman–Crippen MR) is 72.5 cm³/mol. The molecule has 1 atom stereocenters. The van der Waals surface area contributed by atoms with E-state index in [4.69, 9.17) is 17.3 Å². The molecule has 2 rings (SSSR count). The molecular formula is C13H15ClFN3O2. The van der Waals surface area contributed by atoms with Gasteiger partial charge in [0.1, 0.15) is 5.82 Å². The number of nitrogens with zero attached hydrogens (tertiary/aromatic N) is 1. The second-order valence-electron chi connectivity index (χ2n) is 4.74. The van der Waals surface area contributed by atoms with Crippen molar-refractivity contribution in [3.63, 3.8) is 0 Å². The van der Waals surface area contributed by atoms with Crippen LogP contribution in [0.15, 0.2) is 18.2 Å². The molecule has 3 amide bonds. The number of rotatable bonds is 3. The molecule has 20 heavy (non-hydrogen) atoms. The molecule has 0 aliphatic carbocycles. The molecule has 1 aromatic rings. The number of amides is 3. The van der Waals surface area contributed by atoms with Crippen LogP contribution < -0.4 is 11.1 Å². The van der Waals surface area contributed by atoms with Gasteiger partial charge in [-0.25, -0.2) is 9.18 Å². The highest BCUT2D eigenvalue weighted by Crippen LogP contribution is 2.17. The summed E-state index contributed by atoms with van der Waals surface area (Å²) in [5.41, 5.74) is 5.91. The van der Waals surface area contributed by atoms with E-state index in [1.54, 1.807) is 11.0 Å². The van der Waals surface area contributed by atoms with Gasteiger partial charge in [0.05, 0.1) is 10.9 Å². The Kier molecular flexibility index (Phi) is 4.44. The minimum absolute atomic E-state index is 0.0201. The number of halogens is 2. The fourth-order valence-electron chi connectivity index (χ4n) is 2.12. The Bertz CT molecular complexity index is 538. The topological polar surface area (TPSA) is 75.4 Å². The van der Waals surface area contributed by atoms with E-state index < -0.39 is 5.82 Å². The molecule has 1 saturated heterocycles. The fraction of sp³-hybridized carbons (Fsp3) is 0.385. The highest BCUT2D eigenvalue weighted by molar-refractivity contribution is 6.30. The van der Waals surface area contributed by atoms with Gasteiger partial charge in [0.2, 0.25) is 5.91 Å². The summed E-state index contributed by atoms with van der Waals surface area (Å²) in [5.74, 6) is -1.16. The number of nitrogens with one attached hydrogen (secondary N) is 1. The summed E-state index contributed by atoms with van der Waals surface area (Å²) < 4.78 is 13.0. The molecule has 0 aromatic heterocycles. The molecule has 0 bridgehead atoms. The number of urea groups is 1. The first-order valence-electron chi connectivity index (χ1n) is 6.23. The molecule has 1 aliphatic heterocycles. The van der Waals surface area contributed by atoms with Crippen LogP contribution in [0.1, 0.15) is 12.0 Å². The first kappa shape index (κ1) is 14.6. The lowest BCUT2D eigenvalue weighted by Gasteiger charge is -2.17. The van der Waals surface area contributed by atoms with Gasteiger partial charge in [0.25, 0.3) is 0 Å². The molecule has 1 heterocycles. The minimum Gasteiger partial charge on any atom is -0.369 e. The quantitative estimate of drug-likeness (QED) is 0.887. The standard InChI is InChI=1S/C13H15ClFN3O2/c14-10-5-8(1-2-11(10)15)6-17-13(20)18-4-3-9(7-18)12(16)19/h1-2,5,9H,3-4,6-7H2,(H2,16,19)(H,17,20)/t9-/m1/s1. The maximum atomic E-state index is 13.0. The Balaban J connectivity index is 1.86. The Morgan fingerprint density at radius 2 is 2.25 bits per heavy atom. The number of hydrogen-bond acceptors (Lipinski definition) is 2. The van der Waals surface area contributed by atoms with Gasteiger partial charge in [-0.1, -0.05) is 17.7 Å². The van der Waals surface area contributed by atoms with Crippen molar-refractivity contribution in [1.29, 1.82) is 0 Å². The predicted octanol–water partition coefficient (Wildman–Crippen LogP) is 1.50. The lowest BCUT2D eigenvalue weighted by molar-refractivity contribution is -0.121. The minimum atomic E-state index is -0.495. The van der Waals surface area contributed by atoms with Gasteiger partial charge in [-0.05, 0) is 24.1 Å². The third-order valence-corrected chi connectivity index (χ3v) is 3.60. The monoisotopic (exact) mass is 299 g/mol. The van der Waals surface area contributed by atoms with Crippen LogP contribution in [0.25, 0.3) is 0 Å². The third kappa shape index (κ3) is 3.39. The van der Waals surface area contributed by atoms with Crippen LogP contribution in [0.4, 0.5) is 9.18 Å². The van der Waals surface area contributed by atoms with Gasteiger partial charge in [0.15, 0.2) is 0 Å². The van der Waals surface area contributed by atoms with E-state index >= 15 is 0 Å². The SMILES string of the molecule is NC(=O)[C@@H]1CCN(C(=O)NCc2ccc(F)c(Cl)c2)C1. The summed E-state index contributed by atoms with van der Waals surface area (Å²) in [5, 5.41) is 2.72. The average molecular weight is 300 g/mol. The van der Waals surface area contributed by atoms with Crippen LogP contribution in [0.5, 0.6) is 0 Å². The summed E-state index contributed by atoms with van der Waals surface area (Å²) in [6.45, 7) is 1.09. The molecule has 7 heteroatoms. The molecule has 0 unspecified atom stereocenters. The fourth-order valence-corrected chi connectivity index (χ4v) is 2.32. The summed E-state index contributed by atoms with van der Waals surface area (Å²) in [6, 6.07) is 4.00. The molecule has 1 aliphatic rings. The largest absolute Gasteiger partial charge is 0.369 e. The molecule has 1 aromatic carbocycles. The van der Waals surface area contributed by atoms with Gasteiger partial charge in [-0.2, -0.15) is 0 Å². The van der Waals surface area contributed by atoms with Crippen molar-refractivity contribution in [2.75, 3.05) is 13.1 Å². The molecule has 3 N–H and O–H groups in total. The zero-order chi connectivity index (χ0) is 14.7. The van der Waals surface area contributed by atoms with Gasteiger partial charge >= 0.3 is 6.03 Å². The summed E-state index contributed by atoms with van der Waals surface area (Å²) in [4.78, 5) is 24.5. The van der Waals surface area contributed by atoms with Gasteiger partial charge in [-0.3, -0.25) is 4.79 Å². The molecule has 0 spiro atoms. The second kappa shape index (κ2) is 6.09. The van der Waals surface area contributed by atoms with Crippen LogP contribution in [0.2, 0.25) is 5.02 Å². The number of carbonyl (C=O) groups is 2. The van der Waals surface area contributed by atoms with Crippen LogP contribution in [-0.2, 0) is 11.3 Å². The van der Waals surface area contributed by atoms with Crippen molar-refractivity contribution in [2.24, 2.45) is 11.7 Å². The molecule has 1 fully saturated rings. The van der Waals surface area contributed by atoms with Crippen molar-refractivity contribution in [3.05, 3.63) is 34.6 Å². The van der Waals surface area contributed by atoms with Crippen LogP contribution in [0.3, 0.4) is 0 Å². The molecular weight excluding hydrogens is 285 g/mol. The number of primary amides is 1. The van der Waals surface area contributed by atoms with Crippen molar-refractivity contribution in [3.8, 4) is 0 Å². The van der Waals surface area contributed by atoms with Crippen LogP contribution >= 0.6 is 11.6 Å². The smallest absolute Gasteiger partial charge is 0.317 e. The lowest BCUT2D eigenvalue weighted by Crippen LogP contribution is -2.39. The molecule has 0 saturated carbocycles. The Hall–Kier alpha value is -1.82. The van der Waals surface area contributed by atoms with Crippen molar-refractivity contribution < 1.29 is 14.0 Å². The second-order valence-corrected chi connectivity index (χ2v) is 5.15. The normalized spacial score (nSPS) is 18.1. The van der Waals surface area contributed by atoms with E-state index in [1.165, 1.54) is 12.1 Å². The average Bonchev–Trinajstić information content (AvgIpc) is 2.89. The van der Waals surface area contributed by atoms with E-state index in [0.717, 1.165) is 0 Å². The Morgan fingerprint density at radius 3 is 2.85 bits per heavy atom. The maximum Gasteiger partial charge on any atom is 0.317 e. The number of benzene rings is 1. The zero-order valence-corrected chi connectivity index (χ0v) is 11.5. The van der Waals surface area contributed by atoms with Crippen molar-refractivity contribution >= 4 is 23.5 Å². The number of carbonyl (C=O) groups excluding carboxylic acids is 2. The first-order valence-corrected chi connectivity index (χ1v) is 6.61. The summed E-state index contributed by atoms with van der Waals surface area (Å²) in [6.07, 6.45) is 0.588. The zero-order valence-electron chi connectivity index (χ0n) is 10.7. The lowest BCUT2D eigenvalue weighted by atomic mass is 10.1. The highest BCUT2D eigenvalue weighted by atomic mass is 35.5. The van der Waals surface area contributed by atoms with Gasteiger partial charge < -0.3 is 16.0 Å². The van der Waals surface area contributed by atoms with E-state index in [2.05, 4.69) is 5.32 Å². The Morgan fingerprint density at radius 1 is 1.50 bits per heavy atom. The van der Waals surface area contributed by atoms with E-state index in [0.29, 0.717) is 25.1 Å². The number of hydrogen-bond donors (Lipinski definition) is 2. The molecule has 108 valence electrons. The van der Waals surface area contributed by atoms with E-state index in [-0.39, 0.29) is 29.4 Å². The van der Waals surface area contributed by atoms with E-state index in [1.807, 2.05) is 0 Å².